The number of carboxylic acids is 1. The Bertz CT molecular complexity index is 585. The first-order chi connectivity index (χ1) is 9.02. The number of likely N-dealkylation sites (N-methyl/N-ethyl adjacent to an activating group) is 1. The van der Waals surface area contributed by atoms with Gasteiger partial charge in [-0.05, 0) is 12.1 Å². The molecule has 1 rings (SSSR count). The second kappa shape index (κ2) is 5.63. The van der Waals surface area contributed by atoms with Crippen molar-refractivity contribution in [3.63, 3.8) is 0 Å². The molecule has 112 valence electrons. The van der Waals surface area contributed by atoms with Crippen molar-refractivity contribution in [2.75, 3.05) is 18.3 Å². The van der Waals surface area contributed by atoms with E-state index in [1.54, 1.807) is 0 Å². The van der Waals surface area contributed by atoms with Crippen LogP contribution in [0.2, 0.25) is 0 Å². The third-order valence-electron chi connectivity index (χ3n) is 2.09. The van der Waals surface area contributed by atoms with Gasteiger partial charge in [0.1, 0.15) is 12.4 Å². The molecule has 0 spiro atoms. The zero-order valence-corrected chi connectivity index (χ0v) is 10.9. The molecule has 1 heterocycles. The normalized spacial score (nSPS) is 12.4. The highest BCUT2D eigenvalue weighted by molar-refractivity contribution is 7.90. The van der Waals surface area contributed by atoms with Crippen LogP contribution >= 0.6 is 0 Å². The predicted molar refractivity (Wildman–Crippen MR) is 62.0 cm³/mol. The van der Waals surface area contributed by atoms with Gasteiger partial charge in [0.15, 0.2) is 0 Å². The number of pyridine rings is 1. The largest absolute Gasteiger partial charge is 0.480 e. The summed E-state index contributed by atoms with van der Waals surface area (Å²) in [5.74, 6) is -1.73. The zero-order chi connectivity index (χ0) is 15.6. The van der Waals surface area contributed by atoms with Crippen LogP contribution in [0.25, 0.3) is 0 Å². The van der Waals surface area contributed by atoms with Gasteiger partial charge in [0.2, 0.25) is 0 Å². The molecule has 0 aromatic carbocycles. The Labute approximate surface area is 112 Å². The number of carboxylic acid groups (broad SMARTS) is 1. The first-order valence-corrected chi connectivity index (χ1v) is 6.45. The first-order valence-electron chi connectivity index (χ1n) is 5.01. The van der Waals surface area contributed by atoms with Crippen LogP contribution < -0.4 is 4.72 Å². The minimum Gasteiger partial charge on any atom is -0.480 e. The number of nitrogens with zero attached hydrogens (tertiary/aromatic N) is 2. The summed E-state index contributed by atoms with van der Waals surface area (Å²) < 4.78 is 62.4. The Balaban J connectivity index is 2.86. The molecule has 0 unspecified atom stereocenters. The van der Waals surface area contributed by atoms with E-state index in [9.17, 15) is 26.4 Å². The number of nitrogens with one attached hydrogen (secondary N) is 1. The molecule has 7 nitrogen and oxygen atoms in total. The summed E-state index contributed by atoms with van der Waals surface area (Å²) in [4.78, 5) is 13.7. The molecule has 0 aliphatic carbocycles. The highest BCUT2D eigenvalue weighted by Crippen LogP contribution is 2.28. The maximum atomic E-state index is 12.3. The number of hydrogen-bond acceptors (Lipinski definition) is 4. The van der Waals surface area contributed by atoms with Crippen LogP contribution in [0.5, 0.6) is 0 Å². The fourth-order valence-electron chi connectivity index (χ4n) is 1.11. The SMILES string of the molecule is CN(CC(=O)O)S(=O)(=O)Nc1ccc(C(F)(F)F)cn1. The molecular weight excluding hydrogens is 303 g/mol. The van der Waals surface area contributed by atoms with E-state index in [1.807, 2.05) is 4.72 Å². The topological polar surface area (TPSA) is 99.6 Å². The smallest absolute Gasteiger partial charge is 0.417 e. The Hall–Kier alpha value is -1.88. The summed E-state index contributed by atoms with van der Waals surface area (Å²) in [7, 11) is -3.20. The van der Waals surface area contributed by atoms with Crippen LogP contribution in [0.15, 0.2) is 18.3 Å². The molecule has 20 heavy (non-hydrogen) atoms. The molecule has 0 bridgehead atoms. The number of anilines is 1. The van der Waals surface area contributed by atoms with E-state index in [0.29, 0.717) is 16.6 Å². The van der Waals surface area contributed by atoms with E-state index in [0.717, 1.165) is 13.1 Å². The number of carbonyl (C=O) groups is 1. The van der Waals surface area contributed by atoms with Crippen LogP contribution in [-0.4, -0.2) is 42.4 Å². The van der Waals surface area contributed by atoms with E-state index < -0.39 is 34.5 Å². The summed E-state index contributed by atoms with van der Waals surface area (Å²) >= 11 is 0. The molecule has 2 N–H and O–H groups in total. The van der Waals surface area contributed by atoms with Crippen LogP contribution in [0, 0.1) is 0 Å². The van der Waals surface area contributed by atoms with Gasteiger partial charge >= 0.3 is 22.4 Å². The molecule has 0 saturated heterocycles. The zero-order valence-electron chi connectivity index (χ0n) is 10.0. The molecule has 0 aliphatic heterocycles. The fraction of sp³-hybridized carbons (Fsp3) is 0.333. The second-order valence-corrected chi connectivity index (χ2v) is 5.46. The van der Waals surface area contributed by atoms with Crippen LogP contribution in [0.3, 0.4) is 0 Å². The van der Waals surface area contributed by atoms with Gasteiger partial charge in [0, 0.05) is 13.2 Å². The summed E-state index contributed by atoms with van der Waals surface area (Å²) in [5, 5.41) is 8.46. The Morgan fingerprint density at radius 1 is 1.45 bits per heavy atom. The lowest BCUT2D eigenvalue weighted by Gasteiger charge is -2.16. The number of aliphatic carboxylic acids is 1. The number of rotatable bonds is 5. The third-order valence-corrected chi connectivity index (χ3v) is 3.51. The van der Waals surface area contributed by atoms with Crippen LogP contribution in [0.1, 0.15) is 5.56 Å². The summed E-state index contributed by atoms with van der Waals surface area (Å²) in [5.41, 5.74) is -1.03. The van der Waals surface area contributed by atoms with E-state index in [-0.39, 0.29) is 5.82 Å². The Morgan fingerprint density at radius 3 is 2.45 bits per heavy atom. The molecule has 0 amide bonds. The van der Waals surface area contributed by atoms with Crippen molar-refractivity contribution in [3.05, 3.63) is 23.9 Å². The van der Waals surface area contributed by atoms with Gasteiger partial charge in [-0.15, -0.1) is 0 Å². The molecule has 11 heteroatoms. The molecule has 0 aliphatic rings. The minimum absolute atomic E-state index is 0.352. The predicted octanol–water partition coefficient (Wildman–Crippen LogP) is 0.774. The molecule has 0 atom stereocenters. The van der Waals surface area contributed by atoms with Crippen molar-refractivity contribution in [1.29, 1.82) is 0 Å². The van der Waals surface area contributed by atoms with Crippen LogP contribution in [0.4, 0.5) is 19.0 Å². The molecule has 0 fully saturated rings. The lowest BCUT2D eigenvalue weighted by atomic mass is 10.3. The van der Waals surface area contributed by atoms with Gasteiger partial charge in [0.25, 0.3) is 0 Å². The Kier molecular flexibility index (Phi) is 4.55. The lowest BCUT2D eigenvalue weighted by molar-refractivity contribution is -0.138. The average molecular weight is 313 g/mol. The number of alkyl halides is 3. The quantitative estimate of drug-likeness (QED) is 0.836. The standard InChI is InChI=1S/C9H10F3N3O4S/c1-15(5-8(16)17)20(18,19)14-7-3-2-6(4-13-7)9(10,11)12/h2-4H,5H2,1H3,(H,13,14)(H,16,17). The maximum Gasteiger partial charge on any atom is 0.417 e. The first kappa shape index (κ1) is 16.2. The van der Waals surface area contributed by atoms with Gasteiger partial charge in [-0.1, -0.05) is 0 Å². The van der Waals surface area contributed by atoms with Crippen molar-refractivity contribution in [2.45, 2.75) is 6.18 Å². The van der Waals surface area contributed by atoms with E-state index in [4.69, 9.17) is 5.11 Å². The molecule has 0 radical (unpaired) electrons. The fourth-order valence-corrected chi connectivity index (χ4v) is 1.93. The van der Waals surface area contributed by atoms with Crippen molar-refractivity contribution in [1.82, 2.24) is 9.29 Å². The molecule has 1 aromatic rings. The van der Waals surface area contributed by atoms with Gasteiger partial charge in [-0.2, -0.15) is 25.9 Å². The van der Waals surface area contributed by atoms with E-state index in [2.05, 4.69) is 4.98 Å². The summed E-state index contributed by atoms with van der Waals surface area (Å²) in [6.45, 7) is -0.796. The van der Waals surface area contributed by atoms with Gasteiger partial charge in [-0.3, -0.25) is 9.52 Å². The molecular formula is C9H10F3N3O4S. The minimum atomic E-state index is -4.58. The van der Waals surface area contributed by atoms with Crippen molar-refractivity contribution >= 4 is 22.0 Å². The molecule has 0 saturated carbocycles. The van der Waals surface area contributed by atoms with E-state index in [1.165, 1.54) is 0 Å². The molecule has 1 aromatic heterocycles. The van der Waals surface area contributed by atoms with E-state index >= 15 is 0 Å². The van der Waals surface area contributed by atoms with Crippen molar-refractivity contribution < 1.29 is 31.5 Å². The number of hydrogen-bond donors (Lipinski definition) is 2. The summed E-state index contributed by atoms with van der Waals surface area (Å²) in [6, 6.07) is 1.48. The average Bonchev–Trinajstić information content (AvgIpc) is 2.26. The Morgan fingerprint density at radius 2 is 2.05 bits per heavy atom. The highest BCUT2D eigenvalue weighted by atomic mass is 32.2. The maximum absolute atomic E-state index is 12.3. The lowest BCUT2D eigenvalue weighted by Crippen LogP contribution is -2.36. The second-order valence-electron chi connectivity index (χ2n) is 3.69. The van der Waals surface area contributed by atoms with Gasteiger partial charge in [-0.25, -0.2) is 4.98 Å². The van der Waals surface area contributed by atoms with Crippen molar-refractivity contribution in [3.8, 4) is 0 Å². The third kappa shape index (κ3) is 4.35. The number of halogens is 3. The number of aromatic nitrogens is 1. The van der Waals surface area contributed by atoms with Gasteiger partial charge < -0.3 is 5.11 Å². The van der Waals surface area contributed by atoms with Crippen LogP contribution in [-0.2, 0) is 21.2 Å². The van der Waals surface area contributed by atoms with Crippen molar-refractivity contribution in [2.24, 2.45) is 0 Å². The monoisotopic (exact) mass is 313 g/mol. The summed E-state index contributed by atoms with van der Waals surface area (Å²) in [6.07, 6.45) is -4.11. The highest BCUT2D eigenvalue weighted by Gasteiger charge is 2.31. The van der Waals surface area contributed by atoms with Gasteiger partial charge in [0.05, 0.1) is 5.56 Å².